The smallest absolute Gasteiger partial charge is 0.435 e. The van der Waals surface area contributed by atoms with Gasteiger partial charge in [-0.3, -0.25) is 14.2 Å². The summed E-state index contributed by atoms with van der Waals surface area (Å²) in [5.41, 5.74) is 1.59. The standard InChI is InChI=1S/C26H26F3N5O3/c1-17-11-31-33(13-17)14-18-4-6-19(7-5-18)15-34-16-22(24(32-34)26(27,28)29)25(35)30-12-20-8-9-21(36-2)10-23(20)37-3/h4-11,13,16H,12,14-15H2,1-3H3,(H,30,35). The average Bonchev–Trinajstić information content (AvgIpc) is 3.49. The largest absolute Gasteiger partial charge is 0.497 e. The Bertz CT molecular complexity index is 1380. The second kappa shape index (κ2) is 10.8. The Morgan fingerprint density at radius 3 is 2.22 bits per heavy atom. The predicted octanol–water partition coefficient (Wildman–Crippen LogP) is 4.45. The number of rotatable bonds is 9. The van der Waals surface area contributed by atoms with Gasteiger partial charge in [0.1, 0.15) is 11.5 Å². The number of halogens is 3. The lowest BCUT2D eigenvalue weighted by molar-refractivity contribution is -0.141. The number of hydrogen-bond donors (Lipinski definition) is 1. The van der Waals surface area contributed by atoms with Crippen LogP contribution in [0.25, 0.3) is 0 Å². The number of aromatic nitrogens is 4. The predicted molar refractivity (Wildman–Crippen MR) is 130 cm³/mol. The molecule has 194 valence electrons. The van der Waals surface area contributed by atoms with Crippen LogP contribution in [-0.2, 0) is 25.8 Å². The van der Waals surface area contributed by atoms with E-state index in [2.05, 4.69) is 15.5 Å². The minimum atomic E-state index is -4.79. The molecule has 37 heavy (non-hydrogen) atoms. The molecule has 0 aliphatic rings. The van der Waals surface area contributed by atoms with E-state index in [1.165, 1.54) is 14.2 Å². The van der Waals surface area contributed by atoms with E-state index in [1.807, 2.05) is 37.4 Å². The fourth-order valence-electron chi connectivity index (χ4n) is 3.82. The Kier molecular flexibility index (Phi) is 7.51. The zero-order valence-corrected chi connectivity index (χ0v) is 20.5. The second-order valence-corrected chi connectivity index (χ2v) is 8.48. The molecule has 2 heterocycles. The molecule has 0 atom stereocenters. The van der Waals surface area contributed by atoms with Crippen LogP contribution in [0, 0.1) is 6.92 Å². The molecule has 0 unspecified atom stereocenters. The number of aryl methyl sites for hydroxylation is 1. The number of nitrogens with one attached hydrogen (secondary N) is 1. The molecule has 0 aliphatic carbocycles. The summed E-state index contributed by atoms with van der Waals surface area (Å²) in [7, 11) is 2.96. The minimum Gasteiger partial charge on any atom is -0.497 e. The van der Waals surface area contributed by atoms with Crippen molar-refractivity contribution in [3.63, 3.8) is 0 Å². The van der Waals surface area contributed by atoms with E-state index < -0.39 is 23.3 Å². The van der Waals surface area contributed by atoms with Crippen LogP contribution in [0.3, 0.4) is 0 Å². The first-order valence-corrected chi connectivity index (χ1v) is 11.4. The van der Waals surface area contributed by atoms with E-state index in [-0.39, 0.29) is 13.1 Å². The van der Waals surface area contributed by atoms with E-state index in [4.69, 9.17) is 9.47 Å². The van der Waals surface area contributed by atoms with Gasteiger partial charge < -0.3 is 14.8 Å². The van der Waals surface area contributed by atoms with Crippen LogP contribution in [0.1, 0.15) is 38.3 Å². The topological polar surface area (TPSA) is 83.2 Å². The summed E-state index contributed by atoms with van der Waals surface area (Å²) in [6, 6.07) is 12.4. The molecule has 8 nitrogen and oxygen atoms in total. The van der Waals surface area contributed by atoms with Crippen molar-refractivity contribution in [3.8, 4) is 11.5 Å². The lowest BCUT2D eigenvalue weighted by Crippen LogP contribution is -2.25. The van der Waals surface area contributed by atoms with Crippen LogP contribution in [-0.4, -0.2) is 39.7 Å². The van der Waals surface area contributed by atoms with E-state index in [0.29, 0.717) is 23.6 Å². The highest BCUT2D eigenvalue weighted by Gasteiger charge is 2.39. The maximum absolute atomic E-state index is 13.7. The van der Waals surface area contributed by atoms with Gasteiger partial charge in [-0.2, -0.15) is 23.4 Å². The number of nitrogens with zero attached hydrogens (tertiary/aromatic N) is 4. The van der Waals surface area contributed by atoms with Crippen LogP contribution in [0.4, 0.5) is 13.2 Å². The fourth-order valence-corrected chi connectivity index (χ4v) is 3.82. The van der Waals surface area contributed by atoms with Crippen LogP contribution in [0.15, 0.2) is 61.1 Å². The highest BCUT2D eigenvalue weighted by molar-refractivity contribution is 5.95. The van der Waals surface area contributed by atoms with Gasteiger partial charge in [-0.15, -0.1) is 0 Å². The van der Waals surface area contributed by atoms with Gasteiger partial charge >= 0.3 is 6.18 Å². The fraction of sp³-hybridized carbons (Fsp3) is 0.269. The van der Waals surface area contributed by atoms with Crippen LogP contribution in [0.5, 0.6) is 11.5 Å². The summed E-state index contributed by atoms with van der Waals surface area (Å²) in [6.07, 6.45) is 0.0183. The minimum absolute atomic E-state index is 0.0360. The molecule has 0 saturated heterocycles. The Morgan fingerprint density at radius 2 is 1.65 bits per heavy atom. The number of carbonyl (C=O) groups is 1. The lowest BCUT2D eigenvalue weighted by atomic mass is 10.1. The van der Waals surface area contributed by atoms with Gasteiger partial charge in [0.2, 0.25) is 0 Å². The Morgan fingerprint density at radius 1 is 0.973 bits per heavy atom. The van der Waals surface area contributed by atoms with Gasteiger partial charge in [0.15, 0.2) is 5.69 Å². The molecule has 0 bridgehead atoms. The Balaban J connectivity index is 1.48. The monoisotopic (exact) mass is 513 g/mol. The molecule has 2 aromatic carbocycles. The Labute approximate surface area is 211 Å². The maximum Gasteiger partial charge on any atom is 0.435 e. The lowest BCUT2D eigenvalue weighted by Gasteiger charge is -2.11. The van der Waals surface area contributed by atoms with Crippen molar-refractivity contribution in [2.24, 2.45) is 0 Å². The first kappa shape index (κ1) is 25.8. The molecule has 1 amide bonds. The van der Waals surface area contributed by atoms with Crippen molar-refractivity contribution in [2.75, 3.05) is 14.2 Å². The van der Waals surface area contributed by atoms with Crippen molar-refractivity contribution in [1.82, 2.24) is 24.9 Å². The van der Waals surface area contributed by atoms with Crippen molar-refractivity contribution in [3.05, 3.63) is 94.6 Å². The third kappa shape index (κ3) is 6.29. The summed E-state index contributed by atoms with van der Waals surface area (Å²) >= 11 is 0. The number of hydrogen-bond acceptors (Lipinski definition) is 5. The second-order valence-electron chi connectivity index (χ2n) is 8.48. The van der Waals surface area contributed by atoms with E-state index >= 15 is 0 Å². The molecule has 2 aromatic heterocycles. The quantitative estimate of drug-likeness (QED) is 0.358. The van der Waals surface area contributed by atoms with Crippen molar-refractivity contribution in [1.29, 1.82) is 0 Å². The van der Waals surface area contributed by atoms with Gasteiger partial charge in [0, 0.05) is 30.6 Å². The highest BCUT2D eigenvalue weighted by Crippen LogP contribution is 2.31. The number of alkyl halides is 3. The van der Waals surface area contributed by atoms with Gasteiger partial charge in [-0.1, -0.05) is 24.3 Å². The summed E-state index contributed by atoms with van der Waals surface area (Å²) < 4.78 is 54.4. The molecule has 1 N–H and O–H groups in total. The zero-order valence-electron chi connectivity index (χ0n) is 20.5. The van der Waals surface area contributed by atoms with Gasteiger partial charge in [-0.05, 0) is 35.7 Å². The van der Waals surface area contributed by atoms with E-state index in [1.54, 1.807) is 29.1 Å². The van der Waals surface area contributed by atoms with Gasteiger partial charge in [-0.25, -0.2) is 0 Å². The maximum atomic E-state index is 13.7. The zero-order chi connectivity index (χ0) is 26.6. The molecular formula is C26H26F3N5O3. The molecule has 0 radical (unpaired) electrons. The SMILES string of the molecule is COc1ccc(CNC(=O)c2cn(Cc3ccc(Cn4cc(C)cn4)cc3)nc2C(F)(F)F)c(OC)c1. The van der Waals surface area contributed by atoms with Crippen LogP contribution in [0.2, 0.25) is 0 Å². The van der Waals surface area contributed by atoms with Crippen LogP contribution >= 0.6 is 0 Å². The van der Waals surface area contributed by atoms with Gasteiger partial charge in [0.05, 0.1) is 39.1 Å². The van der Waals surface area contributed by atoms with Crippen molar-refractivity contribution < 1.29 is 27.4 Å². The number of methoxy groups -OCH3 is 2. The molecule has 4 aromatic rings. The van der Waals surface area contributed by atoms with E-state index in [9.17, 15) is 18.0 Å². The molecular weight excluding hydrogens is 487 g/mol. The molecule has 0 fully saturated rings. The first-order valence-electron chi connectivity index (χ1n) is 11.4. The van der Waals surface area contributed by atoms with Crippen LogP contribution < -0.4 is 14.8 Å². The Hall–Kier alpha value is -4.28. The van der Waals surface area contributed by atoms with E-state index in [0.717, 1.165) is 27.6 Å². The van der Waals surface area contributed by atoms with Crippen molar-refractivity contribution >= 4 is 5.91 Å². The van der Waals surface area contributed by atoms with Gasteiger partial charge in [0.25, 0.3) is 5.91 Å². The summed E-state index contributed by atoms with van der Waals surface area (Å²) in [5, 5.41) is 10.5. The highest BCUT2D eigenvalue weighted by atomic mass is 19.4. The molecule has 0 aliphatic heterocycles. The number of carbonyl (C=O) groups excluding carboxylic acids is 1. The molecule has 0 spiro atoms. The molecule has 4 rings (SSSR count). The molecule has 0 saturated carbocycles. The normalized spacial score (nSPS) is 11.4. The third-order valence-electron chi connectivity index (χ3n) is 5.68. The van der Waals surface area contributed by atoms with Crippen molar-refractivity contribution in [2.45, 2.75) is 32.7 Å². The number of amides is 1. The first-order chi connectivity index (χ1) is 17.7. The molecule has 11 heteroatoms. The average molecular weight is 514 g/mol. The summed E-state index contributed by atoms with van der Waals surface area (Å²) in [4.78, 5) is 12.8. The summed E-state index contributed by atoms with van der Waals surface area (Å²) in [5.74, 6) is 0.107. The summed E-state index contributed by atoms with van der Waals surface area (Å²) in [6.45, 7) is 2.57. The third-order valence-corrected chi connectivity index (χ3v) is 5.68. The number of benzene rings is 2. The number of ether oxygens (including phenoxy) is 2.